The van der Waals surface area contributed by atoms with Gasteiger partial charge in [0, 0.05) is 24.4 Å². The van der Waals surface area contributed by atoms with Crippen LogP contribution in [-0.2, 0) is 28.8 Å². The summed E-state index contributed by atoms with van der Waals surface area (Å²) in [5.41, 5.74) is 3.56. The molecular weight excluding hydrogens is 459 g/mol. The Morgan fingerprint density at radius 3 is 2.79 bits per heavy atom. The molecule has 6 nitrogen and oxygen atoms in total. The molecule has 2 aromatic rings. The molecule has 34 heavy (non-hydrogen) atoms. The fourth-order valence-electron chi connectivity index (χ4n) is 4.69. The number of halogens is 2. The zero-order valence-corrected chi connectivity index (χ0v) is 19.8. The highest BCUT2D eigenvalue weighted by Gasteiger charge is 2.30. The third kappa shape index (κ3) is 6.13. The quantitative estimate of drug-likeness (QED) is 0.503. The van der Waals surface area contributed by atoms with Crippen LogP contribution in [0, 0.1) is 11.7 Å². The molecule has 1 aromatic carbocycles. The number of fused-ring (bicyclic) bond motifs is 1. The fourth-order valence-corrected chi connectivity index (χ4v) is 4.86. The van der Waals surface area contributed by atoms with Gasteiger partial charge in [-0.3, -0.25) is 9.78 Å². The minimum absolute atomic E-state index is 0.101. The van der Waals surface area contributed by atoms with Crippen LogP contribution >= 0.6 is 11.6 Å². The molecule has 0 saturated heterocycles. The van der Waals surface area contributed by atoms with E-state index in [1.54, 1.807) is 0 Å². The van der Waals surface area contributed by atoms with Gasteiger partial charge in [0.2, 0.25) is 0 Å². The topological polar surface area (TPSA) is 88.5 Å². The van der Waals surface area contributed by atoms with Crippen LogP contribution in [0.2, 0.25) is 5.02 Å². The average molecular weight is 489 g/mol. The van der Waals surface area contributed by atoms with Crippen molar-refractivity contribution in [2.24, 2.45) is 5.92 Å². The summed E-state index contributed by atoms with van der Waals surface area (Å²) in [6.07, 6.45) is 8.88. The monoisotopic (exact) mass is 488 g/mol. The first-order chi connectivity index (χ1) is 16.4. The van der Waals surface area contributed by atoms with E-state index < -0.39 is 23.7 Å². The number of carboxylic acid groups (broad SMARTS) is 1. The minimum atomic E-state index is -1.19. The van der Waals surface area contributed by atoms with Gasteiger partial charge in [0.15, 0.2) is 5.82 Å². The summed E-state index contributed by atoms with van der Waals surface area (Å²) in [6.45, 7) is 0.207. The number of hydrogen-bond acceptors (Lipinski definition) is 4. The maximum atomic E-state index is 14.0. The SMILES string of the molecule is O=C(NC(CCOC1CC(CCc2ccc3c(n2)CCCC3)C1)C(=O)O)c1cccc(Cl)c1F. The van der Waals surface area contributed by atoms with Crippen molar-refractivity contribution >= 4 is 23.5 Å². The normalized spacial score (nSPS) is 20.2. The molecule has 1 saturated carbocycles. The Labute approximate surface area is 203 Å². The summed E-state index contributed by atoms with van der Waals surface area (Å²) in [5.74, 6) is -2.29. The Balaban J connectivity index is 1.16. The number of ether oxygens (including phenoxy) is 1. The van der Waals surface area contributed by atoms with Crippen molar-refractivity contribution in [3.63, 3.8) is 0 Å². The van der Waals surface area contributed by atoms with Crippen LogP contribution in [0.25, 0.3) is 0 Å². The molecule has 0 bridgehead atoms. The number of aromatic nitrogens is 1. The van der Waals surface area contributed by atoms with Gasteiger partial charge in [0.1, 0.15) is 6.04 Å². The summed E-state index contributed by atoms with van der Waals surface area (Å²) in [4.78, 5) is 28.7. The molecule has 182 valence electrons. The minimum Gasteiger partial charge on any atom is -0.480 e. The number of aliphatic carboxylic acids is 1. The lowest BCUT2D eigenvalue weighted by Crippen LogP contribution is -2.42. The van der Waals surface area contributed by atoms with Gasteiger partial charge >= 0.3 is 5.97 Å². The maximum absolute atomic E-state index is 14.0. The number of rotatable bonds is 10. The summed E-state index contributed by atoms with van der Waals surface area (Å²) in [6, 6.07) is 7.25. The molecule has 1 unspecified atom stereocenters. The highest BCUT2D eigenvalue weighted by Crippen LogP contribution is 2.34. The van der Waals surface area contributed by atoms with Crippen molar-refractivity contribution in [2.75, 3.05) is 6.61 Å². The third-order valence-electron chi connectivity index (χ3n) is 6.80. The Kier molecular flexibility index (Phi) is 8.16. The molecule has 0 radical (unpaired) electrons. The Bertz CT molecular complexity index is 1040. The Morgan fingerprint density at radius 1 is 1.21 bits per heavy atom. The average Bonchev–Trinajstić information content (AvgIpc) is 2.80. The lowest BCUT2D eigenvalue weighted by atomic mass is 9.79. The van der Waals surface area contributed by atoms with Gasteiger partial charge in [-0.25, -0.2) is 9.18 Å². The van der Waals surface area contributed by atoms with E-state index in [-0.39, 0.29) is 29.7 Å². The smallest absolute Gasteiger partial charge is 0.326 e. The lowest BCUT2D eigenvalue weighted by Gasteiger charge is -2.35. The van der Waals surface area contributed by atoms with E-state index in [9.17, 15) is 19.1 Å². The number of nitrogens with zero attached hydrogens (tertiary/aromatic N) is 1. The van der Waals surface area contributed by atoms with Gasteiger partial charge < -0.3 is 15.2 Å². The molecule has 4 rings (SSSR count). The molecule has 1 amide bonds. The van der Waals surface area contributed by atoms with Crippen LogP contribution in [0.5, 0.6) is 0 Å². The van der Waals surface area contributed by atoms with E-state index in [0.717, 1.165) is 38.5 Å². The van der Waals surface area contributed by atoms with Crippen molar-refractivity contribution < 1.29 is 23.8 Å². The number of aryl methyl sites for hydroxylation is 3. The maximum Gasteiger partial charge on any atom is 0.326 e. The zero-order chi connectivity index (χ0) is 24.1. The molecule has 1 heterocycles. The molecule has 0 spiro atoms. The highest BCUT2D eigenvalue weighted by atomic mass is 35.5. The van der Waals surface area contributed by atoms with Crippen molar-refractivity contribution in [2.45, 2.75) is 69.9 Å². The molecule has 1 atom stereocenters. The second-order valence-electron chi connectivity index (χ2n) is 9.24. The number of pyridine rings is 1. The fraction of sp³-hybridized carbons (Fsp3) is 0.500. The van der Waals surface area contributed by atoms with Crippen LogP contribution in [0.3, 0.4) is 0 Å². The van der Waals surface area contributed by atoms with Gasteiger partial charge in [-0.15, -0.1) is 0 Å². The van der Waals surface area contributed by atoms with Crippen LogP contribution < -0.4 is 5.32 Å². The van der Waals surface area contributed by atoms with E-state index >= 15 is 0 Å². The predicted octanol–water partition coefficient (Wildman–Crippen LogP) is 4.75. The molecule has 2 aliphatic rings. The number of amides is 1. The second-order valence-corrected chi connectivity index (χ2v) is 9.65. The highest BCUT2D eigenvalue weighted by molar-refractivity contribution is 6.31. The first-order valence-electron chi connectivity index (χ1n) is 12.0. The van der Waals surface area contributed by atoms with Gasteiger partial charge in [-0.05, 0) is 81.0 Å². The summed E-state index contributed by atoms with van der Waals surface area (Å²) in [7, 11) is 0. The number of benzene rings is 1. The predicted molar refractivity (Wildman–Crippen MR) is 127 cm³/mol. The van der Waals surface area contributed by atoms with Gasteiger partial charge in [-0.2, -0.15) is 0 Å². The number of carboxylic acids is 1. The first-order valence-corrected chi connectivity index (χ1v) is 12.4. The van der Waals surface area contributed by atoms with E-state index in [4.69, 9.17) is 21.3 Å². The third-order valence-corrected chi connectivity index (χ3v) is 7.09. The number of carbonyl (C=O) groups is 2. The second kappa shape index (κ2) is 11.3. The van der Waals surface area contributed by atoms with Gasteiger partial charge in [0.05, 0.1) is 16.7 Å². The van der Waals surface area contributed by atoms with Crippen molar-refractivity contribution in [1.82, 2.24) is 10.3 Å². The molecule has 1 fully saturated rings. The zero-order valence-electron chi connectivity index (χ0n) is 19.1. The molecule has 0 aliphatic heterocycles. The number of carbonyl (C=O) groups excluding carboxylic acids is 1. The Morgan fingerprint density at radius 2 is 2.00 bits per heavy atom. The standard InChI is InChI=1S/C26H30ClFN2O4/c27-21-6-3-5-20(24(21)28)25(31)30-23(26(32)33)12-13-34-19-14-16(15-19)8-10-18-11-9-17-4-1-2-7-22(17)29-18/h3,5-6,9,11,16,19,23H,1-2,4,7-8,10,12-15H2,(H,30,31)(H,32,33). The summed E-state index contributed by atoms with van der Waals surface area (Å²) >= 11 is 5.70. The Hall–Kier alpha value is -2.51. The number of hydrogen-bond donors (Lipinski definition) is 2. The van der Waals surface area contributed by atoms with E-state index in [1.165, 1.54) is 48.0 Å². The van der Waals surface area contributed by atoms with Gasteiger partial charge in [0.25, 0.3) is 5.91 Å². The van der Waals surface area contributed by atoms with Crippen LogP contribution in [0.1, 0.15) is 65.8 Å². The largest absolute Gasteiger partial charge is 0.480 e. The van der Waals surface area contributed by atoms with Crippen LogP contribution in [0.4, 0.5) is 4.39 Å². The van der Waals surface area contributed by atoms with Gasteiger partial charge in [-0.1, -0.05) is 23.7 Å². The number of nitrogens with one attached hydrogen (secondary N) is 1. The van der Waals surface area contributed by atoms with E-state index in [2.05, 4.69) is 17.4 Å². The summed E-state index contributed by atoms with van der Waals surface area (Å²) in [5, 5.41) is 11.6. The molecule has 8 heteroatoms. The lowest BCUT2D eigenvalue weighted by molar-refractivity contribution is -0.140. The van der Waals surface area contributed by atoms with E-state index in [0.29, 0.717) is 5.92 Å². The van der Waals surface area contributed by atoms with Crippen molar-refractivity contribution in [3.8, 4) is 0 Å². The first kappa shape index (κ1) is 24.6. The van der Waals surface area contributed by atoms with Crippen molar-refractivity contribution in [3.05, 3.63) is 63.7 Å². The molecule has 2 N–H and O–H groups in total. The van der Waals surface area contributed by atoms with Crippen LogP contribution in [-0.4, -0.2) is 40.7 Å². The van der Waals surface area contributed by atoms with Crippen LogP contribution in [0.15, 0.2) is 30.3 Å². The van der Waals surface area contributed by atoms with E-state index in [1.807, 2.05) is 0 Å². The summed E-state index contributed by atoms with van der Waals surface area (Å²) < 4.78 is 19.8. The molecule has 1 aromatic heterocycles. The molecular formula is C26H30ClFN2O4. The molecule has 2 aliphatic carbocycles. The van der Waals surface area contributed by atoms with Crippen molar-refractivity contribution in [1.29, 1.82) is 0 Å².